The summed E-state index contributed by atoms with van der Waals surface area (Å²) in [5, 5.41) is 15.5. The fraction of sp³-hybridized carbons (Fsp3) is 0.636. The molecule has 1 aromatic rings. The van der Waals surface area contributed by atoms with Crippen molar-refractivity contribution in [3.05, 3.63) is 12.2 Å². The van der Waals surface area contributed by atoms with E-state index in [-0.39, 0.29) is 19.1 Å². The average molecular weight is 269 g/mol. The highest BCUT2D eigenvalue weighted by atomic mass is 16.4. The number of nitrogens with zero attached hydrogens (tertiary/aromatic N) is 4. The Morgan fingerprint density at radius 2 is 2.26 bits per heavy atom. The van der Waals surface area contributed by atoms with Crippen molar-refractivity contribution in [2.45, 2.75) is 32.9 Å². The number of aliphatic carboxylic acids is 1. The number of carbonyl (C=O) groups is 2. The van der Waals surface area contributed by atoms with E-state index in [1.807, 2.05) is 13.8 Å². The zero-order valence-corrected chi connectivity index (χ0v) is 11.3. The number of hydrogen-bond donors (Lipinski definition) is 2. The molecule has 0 spiro atoms. The van der Waals surface area contributed by atoms with Crippen LogP contribution in [0.2, 0.25) is 0 Å². The van der Waals surface area contributed by atoms with Crippen molar-refractivity contribution in [1.82, 2.24) is 25.0 Å². The summed E-state index contributed by atoms with van der Waals surface area (Å²) in [7, 11) is 1.73. The molecule has 2 amide bonds. The monoisotopic (exact) mass is 269 g/mol. The van der Waals surface area contributed by atoms with Crippen LogP contribution in [0.25, 0.3) is 0 Å². The number of aromatic nitrogens is 3. The molecule has 8 nitrogen and oxygen atoms in total. The van der Waals surface area contributed by atoms with Gasteiger partial charge in [0.15, 0.2) is 5.82 Å². The van der Waals surface area contributed by atoms with Crippen LogP contribution in [0.3, 0.4) is 0 Å². The van der Waals surface area contributed by atoms with Crippen LogP contribution in [0.1, 0.15) is 26.1 Å². The number of amides is 2. The summed E-state index contributed by atoms with van der Waals surface area (Å²) in [5.74, 6) is -0.554. The second kappa shape index (κ2) is 6.72. The molecule has 0 radical (unpaired) electrons. The van der Waals surface area contributed by atoms with Gasteiger partial charge in [0.25, 0.3) is 0 Å². The molecule has 0 bridgehead atoms. The third kappa shape index (κ3) is 4.57. The zero-order valence-electron chi connectivity index (χ0n) is 11.3. The van der Waals surface area contributed by atoms with Gasteiger partial charge in [-0.3, -0.25) is 9.48 Å². The standard InChI is InChI=1S/C11H19N5O3/c1-4-8(2)16(6-10(17)18)11(19)12-5-9-13-7-15(3)14-9/h7-8H,4-6H2,1-3H3,(H,12,19)(H,17,18). The quantitative estimate of drug-likeness (QED) is 0.769. The molecule has 0 fully saturated rings. The van der Waals surface area contributed by atoms with Crippen LogP contribution in [0.15, 0.2) is 6.33 Å². The summed E-state index contributed by atoms with van der Waals surface area (Å²) in [6, 6.07) is -0.572. The Bertz CT molecular complexity index is 445. The lowest BCUT2D eigenvalue weighted by Gasteiger charge is -2.26. The van der Waals surface area contributed by atoms with Crippen LogP contribution in [0.5, 0.6) is 0 Å². The van der Waals surface area contributed by atoms with Gasteiger partial charge in [-0.25, -0.2) is 9.78 Å². The first kappa shape index (κ1) is 14.9. The molecule has 19 heavy (non-hydrogen) atoms. The van der Waals surface area contributed by atoms with Crippen LogP contribution >= 0.6 is 0 Å². The van der Waals surface area contributed by atoms with E-state index in [0.29, 0.717) is 12.2 Å². The molecule has 1 heterocycles. The molecule has 0 aromatic carbocycles. The van der Waals surface area contributed by atoms with E-state index in [1.165, 1.54) is 15.9 Å². The molecule has 106 valence electrons. The van der Waals surface area contributed by atoms with Gasteiger partial charge < -0.3 is 15.3 Å². The molecule has 1 unspecified atom stereocenters. The van der Waals surface area contributed by atoms with Crippen molar-refractivity contribution < 1.29 is 14.7 Å². The summed E-state index contributed by atoms with van der Waals surface area (Å²) < 4.78 is 1.53. The van der Waals surface area contributed by atoms with Gasteiger partial charge in [0.2, 0.25) is 0 Å². The Balaban J connectivity index is 2.58. The van der Waals surface area contributed by atoms with Crippen LogP contribution < -0.4 is 5.32 Å². The van der Waals surface area contributed by atoms with E-state index >= 15 is 0 Å². The van der Waals surface area contributed by atoms with Crippen LogP contribution in [-0.4, -0.2) is 49.4 Å². The van der Waals surface area contributed by atoms with E-state index in [1.54, 1.807) is 7.05 Å². The second-order valence-electron chi connectivity index (χ2n) is 4.27. The number of urea groups is 1. The summed E-state index contributed by atoms with van der Waals surface area (Å²) in [6.45, 7) is 3.55. The fourth-order valence-corrected chi connectivity index (χ4v) is 1.52. The maximum Gasteiger partial charge on any atom is 0.323 e. The van der Waals surface area contributed by atoms with Gasteiger partial charge in [0.05, 0.1) is 6.54 Å². The van der Waals surface area contributed by atoms with Crippen molar-refractivity contribution >= 4 is 12.0 Å². The topological polar surface area (TPSA) is 100 Å². The molecular weight excluding hydrogens is 250 g/mol. The van der Waals surface area contributed by atoms with Crippen LogP contribution in [0, 0.1) is 0 Å². The highest BCUT2D eigenvalue weighted by molar-refractivity contribution is 5.80. The first-order valence-corrected chi connectivity index (χ1v) is 6.04. The lowest BCUT2D eigenvalue weighted by atomic mass is 10.2. The highest BCUT2D eigenvalue weighted by Gasteiger charge is 2.21. The summed E-state index contributed by atoms with van der Waals surface area (Å²) in [4.78, 5) is 28.0. The highest BCUT2D eigenvalue weighted by Crippen LogP contribution is 2.04. The van der Waals surface area contributed by atoms with Gasteiger partial charge in [0.1, 0.15) is 12.9 Å². The molecule has 8 heteroatoms. The Morgan fingerprint density at radius 1 is 1.58 bits per heavy atom. The predicted molar refractivity (Wildman–Crippen MR) is 67.3 cm³/mol. The minimum absolute atomic E-state index is 0.146. The minimum atomic E-state index is -1.04. The van der Waals surface area contributed by atoms with E-state index in [9.17, 15) is 9.59 Å². The molecule has 0 aliphatic heterocycles. The van der Waals surface area contributed by atoms with E-state index in [4.69, 9.17) is 5.11 Å². The van der Waals surface area contributed by atoms with Gasteiger partial charge >= 0.3 is 12.0 Å². The third-order valence-electron chi connectivity index (χ3n) is 2.73. The van der Waals surface area contributed by atoms with Crippen molar-refractivity contribution in [2.24, 2.45) is 7.05 Å². The third-order valence-corrected chi connectivity index (χ3v) is 2.73. The minimum Gasteiger partial charge on any atom is -0.480 e. The van der Waals surface area contributed by atoms with Crippen molar-refractivity contribution in [2.75, 3.05) is 6.54 Å². The van der Waals surface area contributed by atoms with Crippen molar-refractivity contribution in [3.8, 4) is 0 Å². The Morgan fingerprint density at radius 3 is 2.74 bits per heavy atom. The lowest BCUT2D eigenvalue weighted by molar-refractivity contribution is -0.138. The van der Waals surface area contributed by atoms with Gasteiger partial charge in [-0.05, 0) is 13.3 Å². The summed E-state index contributed by atoms with van der Waals surface area (Å²) in [6.07, 6.45) is 2.22. The molecule has 0 aliphatic carbocycles. The van der Waals surface area contributed by atoms with Crippen LogP contribution in [0.4, 0.5) is 4.79 Å². The summed E-state index contributed by atoms with van der Waals surface area (Å²) in [5.41, 5.74) is 0. The lowest BCUT2D eigenvalue weighted by Crippen LogP contribution is -2.47. The molecular formula is C11H19N5O3. The largest absolute Gasteiger partial charge is 0.480 e. The molecule has 1 atom stereocenters. The number of carboxylic acid groups (broad SMARTS) is 1. The van der Waals surface area contributed by atoms with Gasteiger partial charge in [-0.1, -0.05) is 6.92 Å². The van der Waals surface area contributed by atoms with Gasteiger partial charge in [0, 0.05) is 13.1 Å². The van der Waals surface area contributed by atoms with Crippen molar-refractivity contribution in [1.29, 1.82) is 0 Å². The Kier molecular flexibility index (Phi) is 5.28. The van der Waals surface area contributed by atoms with Crippen molar-refractivity contribution in [3.63, 3.8) is 0 Å². The first-order chi connectivity index (χ1) is 8.93. The number of carbonyl (C=O) groups excluding carboxylic acids is 1. The number of hydrogen-bond acceptors (Lipinski definition) is 4. The van der Waals surface area contributed by atoms with E-state index in [0.717, 1.165) is 0 Å². The SMILES string of the molecule is CCC(C)N(CC(=O)O)C(=O)NCc1ncn(C)n1. The molecule has 0 aliphatic rings. The van der Waals surface area contributed by atoms with E-state index < -0.39 is 12.0 Å². The zero-order chi connectivity index (χ0) is 14.4. The predicted octanol–water partition coefficient (Wildman–Crippen LogP) is 0.210. The smallest absolute Gasteiger partial charge is 0.323 e. The molecule has 0 saturated heterocycles. The molecule has 0 saturated carbocycles. The first-order valence-electron chi connectivity index (χ1n) is 6.04. The van der Waals surface area contributed by atoms with Gasteiger partial charge in [-0.2, -0.15) is 5.10 Å². The maximum absolute atomic E-state index is 11.9. The summed E-state index contributed by atoms with van der Waals surface area (Å²) >= 11 is 0. The Labute approximate surface area is 111 Å². The van der Waals surface area contributed by atoms with Gasteiger partial charge in [-0.15, -0.1) is 0 Å². The average Bonchev–Trinajstić information content (AvgIpc) is 2.77. The van der Waals surface area contributed by atoms with Crippen LogP contribution in [-0.2, 0) is 18.4 Å². The number of nitrogens with one attached hydrogen (secondary N) is 1. The molecule has 1 aromatic heterocycles. The normalized spacial score (nSPS) is 11.9. The number of rotatable bonds is 6. The number of carboxylic acids is 1. The fourth-order valence-electron chi connectivity index (χ4n) is 1.52. The molecule has 1 rings (SSSR count). The van der Waals surface area contributed by atoms with E-state index in [2.05, 4.69) is 15.4 Å². The second-order valence-corrected chi connectivity index (χ2v) is 4.27. The Hall–Kier alpha value is -2.12. The molecule has 2 N–H and O–H groups in total. The number of aryl methyl sites for hydroxylation is 1. The maximum atomic E-state index is 11.9.